The summed E-state index contributed by atoms with van der Waals surface area (Å²) in [6, 6.07) is 19.7. The lowest BCUT2D eigenvalue weighted by molar-refractivity contribution is 0.446. The SMILES string of the molecule is CB1N(C)CCN1Cc1ccccc1CN1[B]N(Cc2ccccc2)CC1. The molecule has 0 atom stereocenters. The minimum absolute atomic E-state index is 0.526. The highest BCUT2D eigenvalue weighted by molar-refractivity contribution is 6.51. The van der Waals surface area contributed by atoms with Gasteiger partial charge in [-0.25, -0.2) is 0 Å². The standard InChI is InChI=1S/C21H29B2N4/c1-23-24(2)12-15-27(23)18-21-11-7-6-10-20(21)17-26-14-13-25(22-26)16-19-8-4-3-5-9-19/h3-11H,12-18H2,1-2H3. The molecule has 0 N–H and O–H groups in total. The summed E-state index contributed by atoms with van der Waals surface area (Å²) < 4.78 is 0. The number of nitrogens with zero attached hydrogens (tertiary/aromatic N) is 4. The van der Waals surface area contributed by atoms with Crippen LogP contribution in [0.4, 0.5) is 0 Å². The molecule has 4 rings (SSSR count). The topological polar surface area (TPSA) is 13.0 Å². The van der Waals surface area contributed by atoms with Gasteiger partial charge < -0.3 is 19.2 Å². The van der Waals surface area contributed by atoms with Gasteiger partial charge in [0.2, 0.25) is 0 Å². The Hall–Kier alpha value is -1.59. The van der Waals surface area contributed by atoms with E-state index in [0.717, 1.165) is 45.8 Å². The van der Waals surface area contributed by atoms with Crippen molar-refractivity contribution in [3.8, 4) is 0 Å². The van der Waals surface area contributed by atoms with Crippen LogP contribution in [0, 0.1) is 0 Å². The molecule has 2 heterocycles. The quantitative estimate of drug-likeness (QED) is 0.735. The molecule has 139 valence electrons. The van der Waals surface area contributed by atoms with Gasteiger partial charge in [0.25, 0.3) is 0 Å². The van der Waals surface area contributed by atoms with Gasteiger partial charge in [-0.05, 0) is 23.7 Å². The summed E-state index contributed by atoms with van der Waals surface area (Å²) in [7, 11) is 4.53. The van der Waals surface area contributed by atoms with E-state index in [4.69, 9.17) is 0 Å². The van der Waals surface area contributed by atoms with Crippen LogP contribution >= 0.6 is 0 Å². The number of likely N-dealkylation sites (N-methyl/N-ethyl adjacent to an activating group) is 1. The monoisotopic (exact) mass is 359 g/mol. The highest BCUT2D eigenvalue weighted by atomic mass is 15.3. The summed E-state index contributed by atoms with van der Waals surface area (Å²) in [6.45, 7) is 10.4. The second-order valence-electron chi connectivity index (χ2n) is 7.89. The summed E-state index contributed by atoms with van der Waals surface area (Å²) in [4.78, 5) is 9.89. The first kappa shape index (κ1) is 18.8. The van der Waals surface area contributed by atoms with Gasteiger partial charge in [0.15, 0.2) is 0 Å². The van der Waals surface area contributed by atoms with Gasteiger partial charge in [-0.3, -0.25) is 0 Å². The Bertz CT molecular complexity index is 742. The predicted octanol–water partition coefficient (Wildman–Crippen LogP) is 2.40. The second-order valence-corrected chi connectivity index (χ2v) is 7.89. The second kappa shape index (κ2) is 8.61. The molecule has 2 fully saturated rings. The molecule has 0 saturated carbocycles. The molecule has 27 heavy (non-hydrogen) atoms. The zero-order chi connectivity index (χ0) is 18.6. The van der Waals surface area contributed by atoms with E-state index in [1.807, 2.05) is 0 Å². The third-order valence-electron chi connectivity index (χ3n) is 6.00. The molecule has 1 radical (unpaired) electrons. The molecular formula is C21H29B2N4. The summed E-state index contributed by atoms with van der Waals surface area (Å²) in [6.07, 6.45) is 0. The normalized spacial score (nSPS) is 19.7. The van der Waals surface area contributed by atoms with Gasteiger partial charge in [0.05, 0.1) is 0 Å². The summed E-state index contributed by atoms with van der Waals surface area (Å²) >= 11 is 0. The Morgan fingerprint density at radius 3 is 2.07 bits per heavy atom. The number of hydrogen-bond acceptors (Lipinski definition) is 4. The Morgan fingerprint density at radius 1 is 0.778 bits per heavy atom. The molecule has 0 aromatic heterocycles. The van der Waals surface area contributed by atoms with Gasteiger partial charge in [-0.2, -0.15) is 0 Å². The van der Waals surface area contributed by atoms with Crippen molar-refractivity contribution >= 4 is 14.5 Å². The van der Waals surface area contributed by atoms with Crippen molar-refractivity contribution in [3.05, 3.63) is 71.3 Å². The molecule has 6 heteroatoms. The zero-order valence-electron chi connectivity index (χ0n) is 16.6. The lowest BCUT2D eigenvalue weighted by Gasteiger charge is -2.24. The zero-order valence-corrected chi connectivity index (χ0v) is 16.6. The van der Waals surface area contributed by atoms with Crippen molar-refractivity contribution in [2.45, 2.75) is 26.5 Å². The molecular weight excluding hydrogens is 330 g/mol. The Labute approximate surface area is 165 Å². The summed E-state index contributed by atoms with van der Waals surface area (Å²) in [5.41, 5.74) is 4.30. The maximum atomic E-state index is 2.58. The third-order valence-corrected chi connectivity index (χ3v) is 6.00. The van der Waals surface area contributed by atoms with Crippen molar-refractivity contribution in [1.82, 2.24) is 19.2 Å². The van der Waals surface area contributed by atoms with Crippen molar-refractivity contribution in [2.75, 3.05) is 33.2 Å². The number of rotatable bonds is 6. The van der Waals surface area contributed by atoms with Crippen molar-refractivity contribution < 1.29 is 0 Å². The molecule has 0 bridgehead atoms. The minimum Gasteiger partial charge on any atom is -0.330 e. The highest BCUT2D eigenvalue weighted by Crippen LogP contribution is 2.19. The van der Waals surface area contributed by atoms with Gasteiger partial charge in [0, 0.05) is 45.8 Å². The van der Waals surface area contributed by atoms with Crippen LogP contribution in [0.2, 0.25) is 6.82 Å². The fourth-order valence-electron chi connectivity index (χ4n) is 4.11. The minimum atomic E-state index is 0.526. The third kappa shape index (κ3) is 4.64. The largest absolute Gasteiger partial charge is 0.330 e. The lowest BCUT2D eigenvalue weighted by atomic mass is 9.77. The van der Waals surface area contributed by atoms with E-state index in [1.54, 1.807) is 0 Å². The number of benzene rings is 2. The van der Waals surface area contributed by atoms with E-state index in [1.165, 1.54) is 16.7 Å². The molecule has 2 aliphatic heterocycles. The Balaban J connectivity index is 1.36. The van der Waals surface area contributed by atoms with E-state index >= 15 is 0 Å². The van der Waals surface area contributed by atoms with Crippen molar-refractivity contribution in [3.63, 3.8) is 0 Å². The van der Waals surface area contributed by atoms with Gasteiger partial charge in [-0.15, -0.1) is 0 Å². The van der Waals surface area contributed by atoms with E-state index in [9.17, 15) is 0 Å². The highest BCUT2D eigenvalue weighted by Gasteiger charge is 2.30. The summed E-state index contributed by atoms with van der Waals surface area (Å²) in [5, 5.41) is 0. The van der Waals surface area contributed by atoms with Crippen LogP contribution < -0.4 is 0 Å². The van der Waals surface area contributed by atoms with E-state index in [2.05, 4.69) is 95.3 Å². The first-order valence-corrected chi connectivity index (χ1v) is 10.1. The predicted molar refractivity (Wildman–Crippen MR) is 114 cm³/mol. The van der Waals surface area contributed by atoms with Crippen LogP contribution in [0.1, 0.15) is 16.7 Å². The molecule has 2 saturated heterocycles. The van der Waals surface area contributed by atoms with Crippen LogP contribution in [0.3, 0.4) is 0 Å². The first-order chi connectivity index (χ1) is 13.2. The maximum absolute atomic E-state index is 2.58. The Kier molecular flexibility index (Phi) is 5.98. The van der Waals surface area contributed by atoms with Gasteiger partial charge >= 0.3 is 14.5 Å². The molecule has 0 aliphatic carbocycles. The molecule has 2 aromatic rings. The fourth-order valence-corrected chi connectivity index (χ4v) is 4.11. The van der Waals surface area contributed by atoms with E-state index in [-0.39, 0.29) is 0 Å². The molecule has 0 unspecified atom stereocenters. The van der Waals surface area contributed by atoms with Crippen LogP contribution in [0.5, 0.6) is 0 Å². The molecule has 2 aromatic carbocycles. The van der Waals surface area contributed by atoms with Crippen LogP contribution in [0.15, 0.2) is 54.6 Å². The smallest absolute Gasteiger partial charge is 0.313 e. The average Bonchev–Trinajstić information content (AvgIpc) is 3.25. The average molecular weight is 359 g/mol. The van der Waals surface area contributed by atoms with Crippen molar-refractivity contribution in [2.24, 2.45) is 0 Å². The summed E-state index contributed by atoms with van der Waals surface area (Å²) in [5.74, 6) is 0. The van der Waals surface area contributed by atoms with Gasteiger partial charge in [0.1, 0.15) is 0 Å². The molecule has 2 aliphatic rings. The first-order valence-electron chi connectivity index (χ1n) is 10.1. The van der Waals surface area contributed by atoms with Crippen LogP contribution in [0.25, 0.3) is 0 Å². The van der Waals surface area contributed by atoms with Crippen molar-refractivity contribution in [1.29, 1.82) is 0 Å². The lowest BCUT2D eigenvalue weighted by Crippen LogP contribution is -2.38. The molecule has 4 nitrogen and oxygen atoms in total. The fraction of sp³-hybridized carbons (Fsp3) is 0.429. The van der Waals surface area contributed by atoms with Crippen LogP contribution in [-0.4, -0.2) is 67.0 Å². The maximum Gasteiger partial charge on any atom is 0.313 e. The van der Waals surface area contributed by atoms with E-state index < -0.39 is 0 Å². The van der Waals surface area contributed by atoms with Crippen LogP contribution in [-0.2, 0) is 19.6 Å². The number of hydrogen-bond donors (Lipinski definition) is 0. The molecule has 0 amide bonds. The Morgan fingerprint density at radius 2 is 1.41 bits per heavy atom. The van der Waals surface area contributed by atoms with E-state index in [0.29, 0.717) is 6.98 Å². The molecule has 0 spiro atoms. The van der Waals surface area contributed by atoms with Gasteiger partial charge in [-0.1, -0.05) is 61.4 Å².